The third-order valence-electron chi connectivity index (χ3n) is 13.6. The Labute approximate surface area is 181 Å². The summed E-state index contributed by atoms with van der Waals surface area (Å²) < 4.78 is 7.25. The number of rotatable bonds is 1. The molecule has 8 bridgehead atoms. The molecule has 30 heavy (non-hydrogen) atoms. The number of ether oxygens (including phenoxy) is 1. The van der Waals surface area contributed by atoms with E-state index in [2.05, 4.69) is 19.1 Å². The zero-order valence-electron chi connectivity index (χ0n) is 18.4. The predicted octanol–water partition coefficient (Wildman–Crippen LogP) is 4.92. The van der Waals surface area contributed by atoms with Crippen LogP contribution in [-0.4, -0.2) is 23.4 Å². The Balaban J connectivity index is 1.21. The zero-order valence-corrected chi connectivity index (χ0v) is 18.4. The van der Waals surface area contributed by atoms with E-state index in [9.17, 15) is 5.11 Å². The highest BCUT2D eigenvalue weighted by Crippen LogP contribution is 2.83. The van der Waals surface area contributed by atoms with E-state index in [4.69, 9.17) is 4.74 Å². The monoisotopic (exact) mass is 406 g/mol. The maximum Gasteiger partial charge on any atom is 0.0679 e. The van der Waals surface area contributed by atoms with Crippen molar-refractivity contribution in [2.24, 2.45) is 82.3 Å². The van der Waals surface area contributed by atoms with E-state index in [0.717, 1.165) is 59.2 Å². The van der Waals surface area contributed by atoms with Gasteiger partial charge in [-0.25, -0.2) is 0 Å². The summed E-state index contributed by atoms with van der Waals surface area (Å²) in [6.45, 7) is 2.36. The smallest absolute Gasteiger partial charge is 0.0679 e. The number of hydrogen-bond acceptors (Lipinski definition) is 2. The fraction of sp³-hybridized carbons (Fsp3) is 0.929. The lowest BCUT2D eigenvalue weighted by Crippen LogP contribution is -2.61. The van der Waals surface area contributed by atoms with Gasteiger partial charge in [0.05, 0.1) is 18.3 Å². The van der Waals surface area contributed by atoms with Gasteiger partial charge in [0.2, 0.25) is 0 Å². The summed E-state index contributed by atoms with van der Waals surface area (Å²) in [5.74, 6) is 10.9. The average molecular weight is 407 g/mol. The molecule has 2 saturated heterocycles. The molecule has 9 aliphatic rings. The average Bonchev–Trinajstić information content (AvgIpc) is 3.59. The van der Waals surface area contributed by atoms with Crippen LogP contribution in [0.3, 0.4) is 0 Å². The summed E-state index contributed by atoms with van der Waals surface area (Å²) >= 11 is 0. The Morgan fingerprint density at radius 1 is 0.833 bits per heavy atom. The predicted molar refractivity (Wildman–Crippen MR) is 114 cm³/mol. The first-order chi connectivity index (χ1) is 14.7. The van der Waals surface area contributed by atoms with Gasteiger partial charge in [0, 0.05) is 5.41 Å². The second kappa shape index (κ2) is 5.24. The van der Waals surface area contributed by atoms with Crippen molar-refractivity contribution in [1.82, 2.24) is 0 Å². The van der Waals surface area contributed by atoms with Crippen LogP contribution in [0.1, 0.15) is 58.3 Å². The van der Waals surface area contributed by atoms with Crippen LogP contribution in [0.5, 0.6) is 0 Å². The highest BCUT2D eigenvalue weighted by atomic mass is 16.5. The molecule has 16 unspecified atom stereocenters. The van der Waals surface area contributed by atoms with Gasteiger partial charge in [-0.05, 0) is 109 Å². The van der Waals surface area contributed by atoms with E-state index in [1.54, 1.807) is 6.42 Å². The zero-order chi connectivity index (χ0) is 19.5. The van der Waals surface area contributed by atoms with Crippen LogP contribution < -0.4 is 0 Å². The van der Waals surface area contributed by atoms with E-state index in [0.29, 0.717) is 35.4 Å². The first kappa shape index (κ1) is 17.2. The molecule has 2 aliphatic heterocycles. The number of hydrogen-bond donors (Lipinski definition) is 1. The van der Waals surface area contributed by atoms with Crippen molar-refractivity contribution in [1.29, 1.82) is 0 Å². The van der Waals surface area contributed by atoms with Crippen LogP contribution in [0.2, 0.25) is 0 Å². The lowest BCUT2D eigenvalue weighted by molar-refractivity contribution is -0.122. The van der Waals surface area contributed by atoms with Gasteiger partial charge >= 0.3 is 0 Å². The minimum Gasteiger partial charge on any atom is -0.393 e. The third-order valence-corrected chi connectivity index (χ3v) is 13.6. The van der Waals surface area contributed by atoms with Crippen molar-refractivity contribution in [2.45, 2.75) is 76.6 Å². The molecule has 2 heteroatoms. The van der Waals surface area contributed by atoms with Gasteiger partial charge in [0.25, 0.3) is 0 Å². The van der Waals surface area contributed by atoms with Crippen molar-refractivity contribution in [3.8, 4) is 0 Å². The molecule has 0 radical (unpaired) electrons. The van der Waals surface area contributed by atoms with Gasteiger partial charge < -0.3 is 9.84 Å². The minimum atomic E-state index is -0.0416. The quantitative estimate of drug-likeness (QED) is 0.495. The largest absolute Gasteiger partial charge is 0.393 e. The van der Waals surface area contributed by atoms with Crippen molar-refractivity contribution in [3.05, 3.63) is 12.2 Å². The van der Waals surface area contributed by atoms with Crippen LogP contribution in [-0.2, 0) is 4.74 Å². The standard InChI is InChI=1S/C28H38O2/c1-12-16-10-18(25(12)29)22-23(16)27-28(15-5-3-2-4-6-15)19-11-17(24(28)26(22)30-27)20-13-7-8-14(9-13)21(19)20/h7-8,12-27,29H,2-6,9-11H2,1H3. The Hall–Kier alpha value is -0.340. The summed E-state index contributed by atoms with van der Waals surface area (Å²) in [4.78, 5) is 0. The van der Waals surface area contributed by atoms with Gasteiger partial charge in [-0.3, -0.25) is 0 Å². The molecule has 1 N–H and O–H groups in total. The van der Waals surface area contributed by atoms with Gasteiger partial charge in [-0.15, -0.1) is 0 Å². The summed E-state index contributed by atoms with van der Waals surface area (Å²) in [7, 11) is 0. The third kappa shape index (κ3) is 1.55. The molecule has 162 valence electrons. The second-order valence-corrected chi connectivity index (χ2v) is 13.6. The van der Waals surface area contributed by atoms with Crippen LogP contribution in [0, 0.1) is 82.3 Å². The normalized spacial score (nSPS) is 70.7. The van der Waals surface area contributed by atoms with Gasteiger partial charge in [0.15, 0.2) is 0 Å². The lowest BCUT2D eigenvalue weighted by atomic mass is 9.43. The molecule has 16 atom stereocenters. The van der Waals surface area contributed by atoms with Gasteiger partial charge in [-0.2, -0.15) is 0 Å². The molecule has 6 saturated carbocycles. The molecule has 0 aromatic heterocycles. The Morgan fingerprint density at radius 3 is 2.47 bits per heavy atom. The number of allylic oxidation sites excluding steroid dienone is 2. The van der Waals surface area contributed by atoms with E-state index >= 15 is 0 Å². The molecule has 9 rings (SSSR count). The maximum absolute atomic E-state index is 11.0. The second-order valence-electron chi connectivity index (χ2n) is 13.6. The van der Waals surface area contributed by atoms with Crippen LogP contribution >= 0.6 is 0 Å². The summed E-state index contributed by atoms with van der Waals surface area (Å²) in [6.07, 6.45) is 18.1. The van der Waals surface area contributed by atoms with Crippen molar-refractivity contribution >= 4 is 0 Å². The fourth-order valence-electron chi connectivity index (χ4n) is 13.3. The number of aliphatic hydroxyl groups excluding tert-OH is 1. The molecule has 0 aromatic rings. The summed E-state index contributed by atoms with van der Waals surface area (Å²) in [5.41, 5.74) is 0.533. The fourth-order valence-corrected chi connectivity index (χ4v) is 13.3. The first-order valence-corrected chi connectivity index (χ1v) is 13.7. The molecular weight excluding hydrogens is 368 g/mol. The van der Waals surface area contributed by atoms with Crippen LogP contribution in [0.4, 0.5) is 0 Å². The number of aliphatic hydroxyl groups is 1. The van der Waals surface area contributed by atoms with Gasteiger partial charge in [-0.1, -0.05) is 38.3 Å². The Morgan fingerprint density at radius 2 is 1.63 bits per heavy atom. The molecule has 0 amide bonds. The van der Waals surface area contributed by atoms with Crippen molar-refractivity contribution in [3.63, 3.8) is 0 Å². The van der Waals surface area contributed by atoms with E-state index in [-0.39, 0.29) is 6.10 Å². The molecule has 2 nitrogen and oxygen atoms in total. The molecule has 8 fully saturated rings. The summed E-state index contributed by atoms with van der Waals surface area (Å²) in [6, 6.07) is 0. The van der Waals surface area contributed by atoms with Crippen molar-refractivity contribution in [2.75, 3.05) is 0 Å². The highest BCUT2D eigenvalue weighted by Gasteiger charge is 2.84. The van der Waals surface area contributed by atoms with Crippen LogP contribution in [0.25, 0.3) is 0 Å². The van der Waals surface area contributed by atoms with Crippen molar-refractivity contribution < 1.29 is 9.84 Å². The SMILES string of the molecule is CC1C(O)C2CC1C1C2C2OC1C1(C3CCCCC3)C3CC(C4C5C=CC(C5)C43)C21. The minimum absolute atomic E-state index is 0.0416. The lowest BCUT2D eigenvalue weighted by Gasteiger charge is -2.59. The molecular formula is C28H38O2. The maximum atomic E-state index is 11.0. The topological polar surface area (TPSA) is 29.5 Å². The molecule has 0 spiro atoms. The Bertz CT molecular complexity index is 828. The van der Waals surface area contributed by atoms with Gasteiger partial charge in [0.1, 0.15) is 0 Å². The summed E-state index contributed by atoms with van der Waals surface area (Å²) in [5, 5.41) is 11.0. The van der Waals surface area contributed by atoms with E-state index in [1.165, 1.54) is 44.9 Å². The van der Waals surface area contributed by atoms with E-state index < -0.39 is 0 Å². The first-order valence-electron chi connectivity index (χ1n) is 13.7. The molecule has 7 aliphatic carbocycles. The molecule has 0 aromatic carbocycles. The number of fused-ring (bicyclic) bond motifs is 23. The van der Waals surface area contributed by atoms with E-state index in [1.807, 2.05) is 0 Å². The Kier molecular flexibility index (Phi) is 3.00. The highest BCUT2D eigenvalue weighted by molar-refractivity contribution is 5.33. The molecule has 2 heterocycles. The van der Waals surface area contributed by atoms with Crippen LogP contribution in [0.15, 0.2) is 12.2 Å².